The van der Waals surface area contributed by atoms with Gasteiger partial charge < -0.3 is 16.0 Å². The highest BCUT2D eigenvalue weighted by Gasteiger charge is 2.50. The molecule has 2 amide bonds. The molecule has 1 spiro atoms. The molecule has 11 heteroatoms. The Bertz CT molecular complexity index is 1560. The summed E-state index contributed by atoms with van der Waals surface area (Å²) in [7, 11) is 0. The second kappa shape index (κ2) is 14.5. The molecule has 3 aromatic rings. The molecule has 3 aromatic carbocycles. The van der Waals surface area contributed by atoms with Crippen LogP contribution in [0.2, 0.25) is 10.0 Å². The molecule has 0 bridgehead atoms. The van der Waals surface area contributed by atoms with E-state index in [0.717, 1.165) is 73.6 Å². The lowest BCUT2D eigenvalue weighted by molar-refractivity contribution is -0.132. The fourth-order valence-corrected chi connectivity index (χ4v) is 6.98. The molecule has 45 heavy (non-hydrogen) atoms. The third-order valence-corrected chi connectivity index (χ3v) is 9.22. The zero-order chi connectivity index (χ0) is 32.0. The first kappa shape index (κ1) is 32.5. The van der Waals surface area contributed by atoms with Gasteiger partial charge in [-0.05, 0) is 67.5 Å². The molecule has 1 atom stereocenters. The zero-order valence-corrected chi connectivity index (χ0v) is 26.9. The number of halogens is 2. The third kappa shape index (κ3) is 7.01. The largest absolute Gasteiger partial charge is 0.384 e. The second-order valence-corrected chi connectivity index (χ2v) is 12.4. The van der Waals surface area contributed by atoms with E-state index in [2.05, 4.69) is 22.9 Å². The molecule has 0 aromatic heterocycles. The summed E-state index contributed by atoms with van der Waals surface area (Å²) in [6.07, 6.45) is 7.52. The molecule has 236 valence electrons. The second-order valence-electron chi connectivity index (χ2n) is 11.5. The Labute approximate surface area is 274 Å². The van der Waals surface area contributed by atoms with Crippen LogP contribution in [0, 0.1) is 0 Å². The molecule has 1 fully saturated rings. The van der Waals surface area contributed by atoms with E-state index in [0.29, 0.717) is 21.3 Å². The number of nitrogens with two attached hydrogens (primary N) is 2. The molecule has 6 N–H and O–H groups in total. The molecule has 9 nitrogen and oxygen atoms in total. The lowest BCUT2D eigenvalue weighted by atomic mass is 9.86. The molecule has 0 saturated heterocycles. The van der Waals surface area contributed by atoms with Crippen LogP contribution in [0.1, 0.15) is 85.8 Å². The van der Waals surface area contributed by atoms with Crippen molar-refractivity contribution >= 4 is 46.6 Å². The molecular formula is C34H39Cl2N7O2. The van der Waals surface area contributed by atoms with Crippen LogP contribution in [0.25, 0.3) is 11.1 Å². The van der Waals surface area contributed by atoms with Crippen molar-refractivity contribution in [3.8, 4) is 11.1 Å². The Morgan fingerprint density at radius 3 is 2.27 bits per heavy atom. The number of carbonyl (C=O) groups is 2. The van der Waals surface area contributed by atoms with Gasteiger partial charge in [0.25, 0.3) is 11.8 Å². The maximum absolute atomic E-state index is 14.4. The van der Waals surface area contributed by atoms with E-state index in [9.17, 15) is 9.59 Å². The van der Waals surface area contributed by atoms with Crippen molar-refractivity contribution in [2.45, 2.75) is 70.0 Å². The standard InChI is InChI=1S/C34H39Cl2N7O2/c1-2-3-10-28(22-11-17-25(18-12-22)32(44)39-21-29(37)41-42-38)43-33(45)31(40-34(43)19-5-4-6-20-34)24-15-13-23(14-16-24)30-26(35)8-7-9-27(30)36/h7-9,11-18,28,42H,2-6,10,19-21,38H2,1H3,(H2,37,41)(H,39,44)/t28-/m1/s1. The number of aliphatic imine (C=N–C) groups is 1. The molecular weight excluding hydrogens is 609 g/mol. The van der Waals surface area contributed by atoms with Gasteiger partial charge >= 0.3 is 0 Å². The van der Waals surface area contributed by atoms with E-state index >= 15 is 0 Å². The average molecular weight is 649 g/mol. The van der Waals surface area contributed by atoms with Gasteiger partial charge in [0.2, 0.25) is 0 Å². The highest BCUT2D eigenvalue weighted by molar-refractivity contribution is 6.47. The van der Waals surface area contributed by atoms with Crippen LogP contribution < -0.4 is 22.4 Å². The number of nitrogens with zero attached hydrogens (tertiary/aromatic N) is 3. The van der Waals surface area contributed by atoms with Crippen LogP contribution in [-0.4, -0.2) is 40.5 Å². The summed E-state index contributed by atoms with van der Waals surface area (Å²) in [4.78, 5) is 34.5. The van der Waals surface area contributed by atoms with E-state index < -0.39 is 5.66 Å². The first-order chi connectivity index (χ1) is 21.8. The summed E-state index contributed by atoms with van der Waals surface area (Å²) in [5, 5.41) is 7.52. The number of unbranched alkanes of at least 4 members (excludes halogenated alkanes) is 1. The predicted octanol–water partition coefficient (Wildman–Crippen LogP) is 6.35. The van der Waals surface area contributed by atoms with Gasteiger partial charge in [0.05, 0.1) is 12.6 Å². The van der Waals surface area contributed by atoms with Gasteiger partial charge in [0.15, 0.2) is 0 Å². The Hall–Kier alpha value is -3.92. The van der Waals surface area contributed by atoms with E-state index in [1.54, 1.807) is 12.1 Å². The summed E-state index contributed by atoms with van der Waals surface area (Å²) in [5.41, 5.74) is 11.6. The van der Waals surface area contributed by atoms with E-state index in [-0.39, 0.29) is 30.2 Å². The Kier molecular flexibility index (Phi) is 10.4. The van der Waals surface area contributed by atoms with Crippen LogP contribution >= 0.6 is 23.2 Å². The lowest BCUT2D eigenvalue weighted by Crippen LogP contribution is -2.50. The van der Waals surface area contributed by atoms with Gasteiger partial charge in [-0.15, -0.1) is 0 Å². The number of hydrogen-bond donors (Lipinski definition) is 4. The number of amidine groups is 1. The number of rotatable bonds is 11. The van der Waals surface area contributed by atoms with Gasteiger partial charge in [-0.2, -0.15) is 5.10 Å². The number of benzene rings is 3. The molecule has 0 unspecified atom stereocenters. The Balaban J connectivity index is 1.45. The van der Waals surface area contributed by atoms with Crippen LogP contribution in [0.3, 0.4) is 0 Å². The molecule has 2 aliphatic rings. The van der Waals surface area contributed by atoms with Crippen LogP contribution in [-0.2, 0) is 4.79 Å². The molecule has 1 aliphatic carbocycles. The van der Waals surface area contributed by atoms with Crippen LogP contribution in [0.15, 0.2) is 76.8 Å². The normalized spacial score (nSPS) is 16.9. The zero-order valence-electron chi connectivity index (χ0n) is 25.4. The summed E-state index contributed by atoms with van der Waals surface area (Å²) >= 11 is 12.9. The lowest BCUT2D eigenvalue weighted by Gasteiger charge is -2.44. The van der Waals surface area contributed by atoms with Gasteiger partial charge in [-0.25, -0.2) is 11.4 Å². The monoisotopic (exact) mass is 647 g/mol. The molecule has 5 rings (SSSR count). The van der Waals surface area contributed by atoms with Crippen molar-refractivity contribution in [2.24, 2.45) is 21.7 Å². The molecule has 1 aliphatic heterocycles. The summed E-state index contributed by atoms with van der Waals surface area (Å²) < 4.78 is 0. The van der Waals surface area contributed by atoms with Crippen molar-refractivity contribution < 1.29 is 9.59 Å². The maximum atomic E-state index is 14.4. The highest BCUT2D eigenvalue weighted by atomic mass is 35.5. The number of nitrogens with one attached hydrogen (secondary N) is 2. The Morgan fingerprint density at radius 1 is 1.00 bits per heavy atom. The maximum Gasteiger partial charge on any atom is 0.275 e. The minimum absolute atomic E-state index is 0.0568. The van der Waals surface area contributed by atoms with E-state index in [4.69, 9.17) is 39.8 Å². The fourth-order valence-electron chi connectivity index (χ4n) is 6.37. The first-order valence-electron chi connectivity index (χ1n) is 15.4. The summed E-state index contributed by atoms with van der Waals surface area (Å²) in [6.45, 7) is 2.21. The van der Waals surface area contributed by atoms with E-state index in [1.165, 1.54) is 0 Å². The molecule has 1 saturated carbocycles. The van der Waals surface area contributed by atoms with Gasteiger partial charge in [-0.3, -0.25) is 14.6 Å². The number of amides is 2. The van der Waals surface area contributed by atoms with Gasteiger partial charge in [-0.1, -0.05) is 91.9 Å². The third-order valence-electron chi connectivity index (χ3n) is 8.59. The topological polar surface area (TPSA) is 138 Å². The smallest absolute Gasteiger partial charge is 0.275 e. The van der Waals surface area contributed by atoms with E-state index in [1.807, 2.05) is 59.5 Å². The van der Waals surface area contributed by atoms with Crippen LogP contribution in [0.4, 0.5) is 0 Å². The first-order valence-corrected chi connectivity index (χ1v) is 16.2. The minimum atomic E-state index is -0.599. The predicted molar refractivity (Wildman–Crippen MR) is 181 cm³/mol. The van der Waals surface area contributed by atoms with Crippen molar-refractivity contribution in [3.63, 3.8) is 0 Å². The Morgan fingerprint density at radius 2 is 1.64 bits per heavy atom. The SMILES string of the molecule is CCCC[C@H](c1ccc(C(=O)NCC(N)=NNN)cc1)N1C(=O)C(c2ccc(-c3c(Cl)cccc3Cl)cc2)=NC12CCCCC2. The molecule has 0 radical (unpaired) electrons. The minimum Gasteiger partial charge on any atom is -0.384 e. The van der Waals surface area contributed by atoms with Crippen molar-refractivity contribution in [1.82, 2.24) is 15.8 Å². The summed E-state index contributed by atoms with van der Waals surface area (Å²) in [6, 6.07) is 20.5. The number of carbonyl (C=O) groups excluding carboxylic acids is 2. The van der Waals surface area contributed by atoms with Crippen molar-refractivity contribution in [1.29, 1.82) is 0 Å². The molecule has 1 heterocycles. The fraction of sp³-hybridized carbons (Fsp3) is 0.353. The van der Waals surface area contributed by atoms with Crippen LogP contribution in [0.5, 0.6) is 0 Å². The quantitative estimate of drug-likeness (QED) is 0.0831. The number of hydrazone groups is 1. The van der Waals surface area contributed by atoms with Gasteiger partial charge in [0, 0.05) is 26.7 Å². The average Bonchev–Trinajstić information content (AvgIpc) is 3.31. The number of hydrazine groups is 1. The van der Waals surface area contributed by atoms with Crippen molar-refractivity contribution in [3.05, 3.63) is 93.5 Å². The highest BCUT2D eigenvalue weighted by Crippen LogP contribution is 2.46. The van der Waals surface area contributed by atoms with Crippen molar-refractivity contribution in [2.75, 3.05) is 6.54 Å². The van der Waals surface area contributed by atoms with Gasteiger partial charge in [0.1, 0.15) is 17.2 Å². The summed E-state index contributed by atoms with van der Waals surface area (Å²) in [5.74, 6) is 4.96. The number of hydrogen-bond acceptors (Lipinski definition) is 6.